The van der Waals surface area contributed by atoms with Crippen LogP contribution in [0.3, 0.4) is 0 Å². The number of nitrogen functional groups attached to an aromatic ring is 1. The second-order valence-electron chi connectivity index (χ2n) is 4.79. The monoisotopic (exact) mass is 312 g/mol. The van der Waals surface area contributed by atoms with Crippen molar-refractivity contribution < 1.29 is 13.5 Å². The van der Waals surface area contributed by atoms with E-state index >= 15 is 0 Å². The van der Waals surface area contributed by atoms with Crippen molar-refractivity contribution in [1.29, 1.82) is 0 Å². The van der Waals surface area contributed by atoms with Crippen LogP contribution in [0.5, 0.6) is 5.75 Å². The first-order valence-electron chi connectivity index (χ1n) is 6.34. The highest BCUT2D eigenvalue weighted by Crippen LogP contribution is 2.31. The van der Waals surface area contributed by atoms with Gasteiger partial charge in [-0.2, -0.15) is 0 Å². The number of nitrogens with two attached hydrogens (primary N) is 1. The molecule has 0 unspecified atom stereocenters. The van der Waals surface area contributed by atoms with E-state index in [1.807, 2.05) is 0 Å². The van der Waals surface area contributed by atoms with Crippen molar-refractivity contribution >= 4 is 28.7 Å². The molecule has 0 saturated carbocycles. The van der Waals surface area contributed by atoms with Crippen molar-refractivity contribution in [3.63, 3.8) is 0 Å². The summed E-state index contributed by atoms with van der Waals surface area (Å²) in [6, 6.07) is 6.85. The summed E-state index contributed by atoms with van der Waals surface area (Å²) < 4.78 is 32.5. The molecular formula is C15H15ClF2N2O. The summed E-state index contributed by atoms with van der Waals surface area (Å²) in [6.07, 6.45) is -0.177. The predicted octanol–water partition coefficient (Wildman–Crippen LogP) is 4.73. The van der Waals surface area contributed by atoms with Crippen LogP contribution < -0.4 is 15.8 Å². The molecule has 0 atom stereocenters. The van der Waals surface area contributed by atoms with Crippen molar-refractivity contribution in [2.45, 2.75) is 20.0 Å². The van der Waals surface area contributed by atoms with E-state index in [4.69, 9.17) is 22.1 Å². The molecule has 0 aliphatic carbocycles. The van der Waals surface area contributed by atoms with Gasteiger partial charge in [0, 0.05) is 17.8 Å². The number of hydrogen-bond donors (Lipinski definition) is 2. The van der Waals surface area contributed by atoms with Crippen LogP contribution in [0.2, 0.25) is 5.02 Å². The molecular weight excluding hydrogens is 298 g/mol. The molecule has 0 aliphatic rings. The molecule has 0 radical (unpaired) electrons. The lowest BCUT2D eigenvalue weighted by Gasteiger charge is -2.15. The molecule has 0 amide bonds. The molecule has 0 fully saturated rings. The van der Waals surface area contributed by atoms with Crippen LogP contribution in [-0.2, 0) is 0 Å². The molecule has 6 heteroatoms. The van der Waals surface area contributed by atoms with Crippen molar-refractivity contribution in [2.24, 2.45) is 0 Å². The standard InChI is InChI=1S/C15H15ClF2N2O/c1-8(2)21-15-7-14(13(19)6-12(15)18)20-9-3-4-10(16)11(17)5-9/h3-8,20H,19H2,1-2H3. The number of nitrogens with one attached hydrogen (secondary N) is 1. The summed E-state index contributed by atoms with van der Waals surface area (Å²) in [7, 11) is 0. The van der Waals surface area contributed by atoms with Gasteiger partial charge in [0.05, 0.1) is 22.5 Å². The first kappa shape index (κ1) is 15.4. The van der Waals surface area contributed by atoms with Crippen molar-refractivity contribution in [1.82, 2.24) is 0 Å². The third-order valence-corrected chi connectivity index (χ3v) is 2.97. The lowest BCUT2D eigenvalue weighted by Crippen LogP contribution is -2.08. The van der Waals surface area contributed by atoms with Gasteiger partial charge < -0.3 is 15.8 Å². The van der Waals surface area contributed by atoms with Gasteiger partial charge in [0.25, 0.3) is 0 Å². The van der Waals surface area contributed by atoms with Gasteiger partial charge in [-0.1, -0.05) is 11.6 Å². The Hall–Kier alpha value is -2.01. The SMILES string of the molecule is CC(C)Oc1cc(Nc2ccc(Cl)c(F)c2)c(N)cc1F. The van der Waals surface area contributed by atoms with Gasteiger partial charge in [-0.15, -0.1) is 0 Å². The zero-order chi connectivity index (χ0) is 15.6. The molecule has 2 aromatic rings. The number of halogens is 3. The van der Waals surface area contributed by atoms with E-state index in [9.17, 15) is 8.78 Å². The summed E-state index contributed by atoms with van der Waals surface area (Å²) in [5, 5.41) is 2.94. The topological polar surface area (TPSA) is 47.3 Å². The number of benzene rings is 2. The normalized spacial score (nSPS) is 10.8. The maximum absolute atomic E-state index is 13.7. The van der Waals surface area contributed by atoms with Crippen LogP contribution in [0.15, 0.2) is 30.3 Å². The van der Waals surface area contributed by atoms with Gasteiger partial charge in [-0.25, -0.2) is 8.78 Å². The number of hydrogen-bond acceptors (Lipinski definition) is 3. The maximum Gasteiger partial charge on any atom is 0.167 e. The molecule has 0 aromatic heterocycles. The molecule has 0 bridgehead atoms. The zero-order valence-electron chi connectivity index (χ0n) is 11.6. The first-order chi connectivity index (χ1) is 9.86. The van der Waals surface area contributed by atoms with Crippen molar-refractivity contribution in [3.8, 4) is 5.75 Å². The molecule has 112 valence electrons. The minimum absolute atomic E-state index is 0.0245. The molecule has 0 aliphatic heterocycles. The van der Waals surface area contributed by atoms with E-state index in [0.29, 0.717) is 11.4 Å². The van der Waals surface area contributed by atoms with Crippen molar-refractivity contribution in [2.75, 3.05) is 11.1 Å². The minimum Gasteiger partial charge on any atom is -0.488 e. The van der Waals surface area contributed by atoms with Gasteiger partial charge in [0.2, 0.25) is 0 Å². The molecule has 0 spiro atoms. The van der Waals surface area contributed by atoms with E-state index in [1.54, 1.807) is 19.9 Å². The van der Waals surface area contributed by atoms with E-state index in [2.05, 4.69) is 5.32 Å². The molecule has 3 nitrogen and oxygen atoms in total. The van der Waals surface area contributed by atoms with Crippen LogP contribution in [-0.4, -0.2) is 6.10 Å². The van der Waals surface area contributed by atoms with Crippen LogP contribution >= 0.6 is 11.6 Å². The molecule has 2 aromatic carbocycles. The average molecular weight is 313 g/mol. The zero-order valence-corrected chi connectivity index (χ0v) is 12.3. The molecule has 21 heavy (non-hydrogen) atoms. The molecule has 2 rings (SSSR count). The van der Waals surface area contributed by atoms with E-state index < -0.39 is 11.6 Å². The Bertz CT molecular complexity index is 662. The Morgan fingerprint density at radius 1 is 1.14 bits per heavy atom. The van der Waals surface area contributed by atoms with Gasteiger partial charge in [-0.05, 0) is 32.0 Å². The fourth-order valence-corrected chi connectivity index (χ4v) is 1.87. The second kappa shape index (κ2) is 6.18. The molecule has 0 heterocycles. The quantitative estimate of drug-likeness (QED) is 0.802. The summed E-state index contributed by atoms with van der Waals surface area (Å²) in [4.78, 5) is 0. The lowest BCUT2D eigenvalue weighted by molar-refractivity contribution is 0.231. The Balaban J connectivity index is 2.32. The summed E-state index contributed by atoms with van der Waals surface area (Å²) in [5.41, 5.74) is 6.83. The summed E-state index contributed by atoms with van der Waals surface area (Å²) in [6.45, 7) is 3.58. The van der Waals surface area contributed by atoms with Crippen LogP contribution in [0.4, 0.5) is 25.8 Å². The van der Waals surface area contributed by atoms with E-state index in [0.717, 1.165) is 6.07 Å². The number of ether oxygens (including phenoxy) is 1. The Morgan fingerprint density at radius 2 is 1.86 bits per heavy atom. The highest BCUT2D eigenvalue weighted by molar-refractivity contribution is 6.30. The van der Waals surface area contributed by atoms with Gasteiger partial charge >= 0.3 is 0 Å². The number of anilines is 3. The molecule has 0 saturated heterocycles. The van der Waals surface area contributed by atoms with Gasteiger partial charge in [0.15, 0.2) is 11.6 Å². The van der Waals surface area contributed by atoms with Crippen LogP contribution in [0, 0.1) is 11.6 Å². The molecule has 3 N–H and O–H groups in total. The Labute approximate surface area is 126 Å². The van der Waals surface area contributed by atoms with Gasteiger partial charge in [0.1, 0.15) is 5.82 Å². The van der Waals surface area contributed by atoms with Gasteiger partial charge in [-0.3, -0.25) is 0 Å². The predicted molar refractivity (Wildman–Crippen MR) is 81.3 cm³/mol. The summed E-state index contributed by atoms with van der Waals surface area (Å²) in [5.74, 6) is -1.02. The fourth-order valence-electron chi connectivity index (χ4n) is 1.75. The number of rotatable bonds is 4. The second-order valence-corrected chi connectivity index (χ2v) is 5.20. The largest absolute Gasteiger partial charge is 0.488 e. The van der Waals surface area contributed by atoms with Crippen LogP contribution in [0.25, 0.3) is 0 Å². The Morgan fingerprint density at radius 3 is 2.48 bits per heavy atom. The third kappa shape index (κ3) is 3.76. The highest BCUT2D eigenvalue weighted by atomic mass is 35.5. The summed E-state index contributed by atoms with van der Waals surface area (Å²) >= 11 is 5.62. The van der Waals surface area contributed by atoms with Crippen LogP contribution in [0.1, 0.15) is 13.8 Å². The van der Waals surface area contributed by atoms with E-state index in [1.165, 1.54) is 18.2 Å². The third-order valence-electron chi connectivity index (χ3n) is 2.67. The lowest BCUT2D eigenvalue weighted by atomic mass is 10.2. The first-order valence-corrected chi connectivity index (χ1v) is 6.72. The fraction of sp³-hybridized carbons (Fsp3) is 0.200. The Kier molecular flexibility index (Phi) is 4.53. The average Bonchev–Trinajstić information content (AvgIpc) is 2.39. The smallest absolute Gasteiger partial charge is 0.167 e. The maximum atomic E-state index is 13.7. The van der Waals surface area contributed by atoms with Crippen molar-refractivity contribution in [3.05, 3.63) is 47.0 Å². The highest BCUT2D eigenvalue weighted by Gasteiger charge is 2.11. The minimum atomic E-state index is -0.555. The van der Waals surface area contributed by atoms with E-state index in [-0.39, 0.29) is 22.6 Å².